The van der Waals surface area contributed by atoms with Gasteiger partial charge in [-0.15, -0.1) is 0 Å². The van der Waals surface area contributed by atoms with Gasteiger partial charge < -0.3 is 15.1 Å². The summed E-state index contributed by atoms with van der Waals surface area (Å²) in [5.41, 5.74) is 4.81. The molecule has 5 rings (SSSR count). The molecule has 1 fully saturated rings. The molecule has 0 saturated heterocycles. The molecule has 6 nitrogen and oxygen atoms in total. The molecule has 1 aliphatic rings. The van der Waals surface area contributed by atoms with Gasteiger partial charge in [-0.1, -0.05) is 91.6 Å². The first kappa shape index (κ1) is 30.4. The van der Waals surface area contributed by atoms with Crippen molar-refractivity contribution < 1.29 is 19.8 Å². The van der Waals surface area contributed by atoms with Crippen LogP contribution in [0.5, 0.6) is 5.75 Å². The number of nitrogens with zero attached hydrogens (tertiary/aromatic N) is 2. The molecule has 0 heterocycles. The third kappa shape index (κ3) is 8.27. The molecule has 0 unspecified atom stereocenters. The highest BCUT2D eigenvalue weighted by atomic mass is 32.2. The zero-order valence-corrected chi connectivity index (χ0v) is 25.3. The van der Waals surface area contributed by atoms with Crippen molar-refractivity contribution >= 4 is 29.5 Å². The van der Waals surface area contributed by atoms with Gasteiger partial charge in [0.1, 0.15) is 11.3 Å². The fourth-order valence-corrected chi connectivity index (χ4v) is 6.54. The number of aromatic hydroxyl groups is 1. The first-order valence-corrected chi connectivity index (χ1v) is 15.6. The Morgan fingerprint density at radius 3 is 2.14 bits per heavy atom. The lowest BCUT2D eigenvalue weighted by Gasteiger charge is -2.28. The Labute approximate surface area is 258 Å². The Balaban J connectivity index is 1.41. The summed E-state index contributed by atoms with van der Waals surface area (Å²) in [5, 5.41) is 19.9. The summed E-state index contributed by atoms with van der Waals surface area (Å²) >= 11 is 1.53. The normalized spacial score (nSPS) is 13.6. The zero-order valence-electron chi connectivity index (χ0n) is 24.5. The number of carbonyl (C=O) groups is 2. The molecule has 0 aliphatic heterocycles. The zero-order chi connectivity index (χ0) is 30.2. The van der Waals surface area contributed by atoms with Gasteiger partial charge in [-0.3, -0.25) is 4.79 Å². The number of hydrogen-bond donors (Lipinski definition) is 2. The molecule has 0 spiro atoms. The third-order valence-electron chi connectivity index (χ3n) is 7.99. The average molecular weight is 595 g/mol. The SMILES string of the molecule is Cc1ccc(SN(CC(=O)N(Cc2ccc(C3CCCCC3)cc2)c2ccc(C(=O)O)c(O)c2)Cc2ccccc2)cc1. The second-order valence-electron chi connectivity index (χ2n) is 11.3. The maximum Gasteiger partial charge on any atom is 0.339 e. The molecule has 4 aromatic rings. The first-order valence-electron chi connectivity index (χ1n) is 14.8. The number of amides is 1. The molecule has 0 atom stereocenters. The number of hydrogen-bond acceptors (Lipinski definition) is 5. The number of phenols is 1. The summed E-state index contributed by atoms with van der Waals surface area (Å²) in [6.45, 7) is 3.00. The monoisotopic (exact) mass is 594 g/mol. The van der Waals surface area contributed by atoms with Crippen molar-refractivity contribution in [1.29, 1.82) is 0 Å². The molecule has 222 valence electrons. The van der Waals surface area contributed by atoms with Crippen LogP contribution in [0.25, 0.3) is 0 Å². The van der Waals surface area contributed by atoms with Crippen molar-refractivity contribution in [1.82, 2.24) is 4.31 Å². The van der Waals surface area contributed by atoms with Gasteiger partial charge in [-0.2, -0.15) is 0 Å². The third-order valence-corrected chi connectivity index (χ3v) is 8.99. The highest BCUT2D eigenvalue weighted by molar-refractivity contribution is 7.97. The van der Waals surface area contributed by atoms with Gasteiger partial charge in [-0.05, 0) is 78.6 Å². The van der Waals surface area contributed by atoms with E-state index in [2.05, 4.69) is 48.5 Å². The van der Waals surface area contributed by atoms with E-state index < -0.39 is 5.97 Å². The maximum atomic E-state index is 14.1. The van der Waals surface area contributed by atoms with E-state index in [9.17, 15) is 19.8 Å². The smallest absolute Gasteiger partial charge is 0.339 e. The lowest BCUT2D eigenvalue weighted by atomic mass is 9.84. The number of carboxylic acids is 1. The number of carbonyl (C=O) groups excluding carboxylic acids is 1. The van der Waals surface area contributed by atoms with Crippen LogP contribution in [0.15, 0.2) is 102 Å². The molecule has 4 aromatic carbocycles. The Kier molecular flexibility index (Phi) is 10.2. The maximum absolute atomic E-state index is 14.1. The predicted octanol–water partition coefficient (Wildman–Crippen LogP) is 8.19. The Hall–Kier alpha value is -4.07. The number of rotatable bonds is 11. The molecule has 1 aliphatic carbocycles. The van der Waals surface area contributed by atoms with Gasteiger partial charge in [0.2, 0.25) is 5.91 Å². The van der Waals surface area contributed by atoms with Crippen molar-refractivity contribution in [3.63, 3.8) is 0 Å². The Morgan fingerprint density at radius 2 is 1.49 bits per heavy atom. The number of benzene rings is 4. The van der Waals surface area contributed by atoms with Crippen molar-refractivity contribution in [3.8, 4) is 5.75 Å². The summed E-state index contributed by atoms with van der Waals surface area (Å²) in [7, 11) is 0. The number of aromatic carboxylic acids is 1. The molecule has 7 heteroatoms. The molecule has 1 saturated carbocycles. The molecule has 0 bridgehead atoms. The first-order chi connectivity index (χ1) is 20.9. The summed E-state index contributed by atoms with van der Waals surface area (Å²) in [4.78, 5) is 28.3. The fraction of sp³-hybridized carbons (Fsp3) is 0.278. The Bertz CT molecular complexity index is 1520. The number of anilines is 1. The Morgan fingerprint density at radius 1 is 0.814 bits per heavy atom. The van der Waals surface area contributed by atoms with Gasteiger partial charge in [0.25, 0.3) is 0 Å². The number of aryl methyl sites for hydroxylation is 1. The minimum atomic E-state index is -1.22. The van der Waals surface area contributed by atoms with Gasteiger partial charge in [0.05, 0.1) is 13.1 Å². The lowest BCUT2D eigenvalue weighted by molar-refractivity contribution is -0.118. The van der Waals surface area contributed by atoms with Crippen LogP contribution in [0.1, 0.15) is 70.6 Å². The van der Waals surface area contributed by atoms with E-state index >= 15 is 0 Å². The second-order valence-corrected chi connectivity index (χ2v) is 12.4. The summed E-state index contributed by atoms with van der Waals surface area (Å²) in [6, 6.07) is 31.1. The molecular formula is C36H38N2O4S. The van der Waals surface area contributed by atoms with E-state index in [4.69, 9.17) is 0 Å². The van der Waals surface area contributed by atoms with E-state index in [1.54, 1.807) is 11.0 Å². The van der Waals surface area contributed by atoms with Crippen LogP contribution in [0.3, 0.4) is 0 Å². The highest BCUT2D eigenvalue weighted by Gasteiger charge is 2.23. The van der Waals surface area contributed by atoms with Crippen LogP contribution < -0.4 is 4.90 Å². The summed E-state index contributed by atoms with van der Waals surface area (Å²) < 4.78 is 2.03. The standard InChI is InChI=1S/C36H38N2O4S/c1-26-12-19-32(20-13-26)43-37(23-27-8-4-2-5-9-27)25-35(40)38(31-18-21-33(36(41)42)34(39)22-31)24-28-14-16-30(17-15-28)29-10-6-3-7-11-29/h2,4-5,8-9,12-22,29,39H,3,6-7,10-11,23-25H2,1H3,(H,41,42). The van der Waals surface area contributed by atoms with Crippen LogP contribution in [0.4, 0.5) is 5.69 Å². The average Bonchev–Trinajstić information content (AvgIpc) is 3.02. The molecule has 0 radical (unpaired) electrons. The van der Waals surface area contributed by atoms with Crippen molar-refractivity contribution in [2.24, 2.45) is 0 Å². The molecule has 0 aromatic heterocycles. The van der Waals surface area contributed by atoms with Crippen LogP contribution in [-0.4, -0.2) is 32.9 Å². The molecular weight excluding hydrogens is 556 g/mol. The van der Waals surface area contributed by atoms with Gasteiger partial charge in [0, 0.05) is 23.2 Å². The van der Waals surface area contributed by atoms with E-state index in [-0.39, 0.29) is 23.8 Å². The van der Waals surface area contributed by atoms with E-state index in [0.29, 0.717) is 24.7 Å². The summed E-state index contributed by atoms with van der Waals surface area (Å²) in [6.07, 6.45) is 6.28. The van der Waals surface area contributed by atoms with Crippen LogP contribution in [0.2, 0.25) is 0 Å². The highest BCUT2D eigenvalue weighted by Crippen LogP contribution is 2.33. The summed E-state index contributed by atoms with van der Waals surface area (Å²) in [5.74, 6) is -1.16. The van der Waals surface area contributed by atoms with Crippen LogP contribution in [0, 0.1) is 6.92 Å². The fourth-order valence-electron chi connectivity index (χ4n) is 5.60. The number of carboxylic acid groups (broad SMARTS) is 1. The van der Waals surface area contributed by atoms with Crippen molar-refractivity contribution in [2.75, 3.05) is 11.4 Å². The molecule has 2 N–H and O–H groups in total. The molecule has 43 heavy (non-hydrogen) atoms. The molecule has 1 amide bonds. The van der Waals surface area contributed by atoms with E-state index in [1.165, 1.54) is 67.3 Å². The van der Waals surface area contributed by atoms with Crippen molar-refractivity contribution in [3.05, 3.63) is 125 Å². The van der Waals surface area contributed by atoms with Crippen LogP contribution >= 0.6 is 11.9 Å². The van der Waals surface area contributed by atoms with E-state index in [0.717, 1.165) is 16.0 Å². The second kappa shape index (κ2) is 14.4. The van der Waals surface area contributed by atoms with Gasteiger partial charge in [0.15, 0.2) is 0 Å². The predicted molar refractivity (Wildman–Crippen MR) is 172 cm³/mol. The minimum absolute atomic E-state index is 0.106. The largest absolute Gasteiger partial charge is 0.507 e. The van der Waals surface area contributed by atoms with Gasteiger partial charge in [-0.25, -0.2) is 9.10 Å². The minimum Gasteiger partial charge on any atom is -0.507 e. The van der Waals surface area contributed by atoms with E-state index in [1.807, 2.05) is 41.6 Å². The van der Waals surface area contributed by atoms with Crippen LogP contribution in [-0.2, 0) is 17.9 Å². The van der Waals surface area contributed by atoms with Crippen molar-refractivity contribution in [2.45, 2.75) is 62.9 Å². The lowest BCUT2D eigenvalue weighted by Crippen LogP contribution is -2.37. The van der Waals surface area contributed by atoms with Gasteiger partial charge >= 0.3 is 5.97 Å². The quantitative estimate of drug-likeness (QED) is 0.170. The topological polar surface area (TPSA) is 81.1 Å².